The van der Waals surface area contributed by atoms with E-state index in [4.69, 9.17) is 16.6 Å². The van der Waals surface area contributed by atoms with Crippen molar-refractivity contribution >= 4 is 35.5 Å². The first-order chi connectivity index (χ1) is 19.8. The third kappa shape index (κ3) is 13.0. The van der Waals surface area contributed by atoms with Crippen molar-refractivity contribution in [2.45, 2.75) is 89.9 Å². The first-order valence-corrected chi connectivity index (χ1v) is 14.0. The number of carbonyl (C=O) groups is 6. The number of carboxylic acid groups (broad SMARTS) is 1. The summed E-state index contributed by atoms with van der Waals surface area (Å²) in [7, 11) is 0. The van der Waals surface area contributed by atoms with Gasteiger partial charge < -0.3 is 42.9 Å². The maximum absolute atomic E-state index is 13.5. The molecule has 1 rings (SSSR count). The standard InChI is InChI=1S/C28H44N6O8/c1-4-16(2)24(34-26(40)21(31-17(3)35)12-13-23(37)38)28(42)33-22(15-18-8-10-19(36)11-9-18)27(41)32-20(25(30)39)7-5-6-14-29/h8-11,16,20-22,24,36H,4-7,12-15,29H2,1-3H3,(H2,30,39)(H,31,35)(H,32,41)(H,33,42)(H,34,40)(H,37,38)/t16-,20-,21-,22-,24-/m0/s1. The molecule has 5 amide bonds. The second kappa shape index (κ2) is 18.3. The number of carbonyl (C=O) groups excluding carboxylic acids is 5. The van der Waals surface area contributed by atoms with Gasteiger partial charge in [-0.3, -0.25) is 28.8 Å². The number of hydrogen-bond acceptors (Lipinski definition) is 8. The number of nitrogens with one attached hydrogen (secondary N) is 4. The molecule has 0 spiro atoms. The van der Waals surface area contributed by atoms with E-state index in [0.29, 0.717) is 31.4 Å². The van der Waals surface area contributed by atoms with Gasteiger partial charge in [0.05, 0.1) is 0 Å². The van der Waals surface area contributed by atoms with Crippen molar-refractivity contribution in [2.24, 2.45) is 17.4 Å². The second-order valence-corrected chi connectivity index (χ2v) is 10.2. The van der Waals surface area contributed by atoms with E-state index >= 15 is 0 Å². The van der Waals surface area contributed by atoms with Crippen LogP contribution in [0.1, 0.15) is 64.9 Å². The number of aromatic hydroxyl groups is 1. The minimum Gasteiger partial charge on any atom is -0.508 e. The minimum absolute atomic E-state index is 0.00801. The van der Waals surface area contributed by atoms with E-state index < -0.39 is 65.6 Å². The number of aliphatic carboxylic acids is 1. The van der Waals surface area contributed by atoms with Crippen LogP contribution in [0, 0.1) is 5.92 Å². The highest BCUT2D eigenvalue weighted by molar-refractivity contribution is 5.95. The quantitative estimate of drug-likeness (QED) is 0.0956. The Hall–Kier alpha value is -4.20. The van der Waals surface area contributed by atoms with Gasteiger partial charge in [-0.15, -0.1) is 0 Å². The molecule has 0 saturated carbocycles. The Kier molecular flexibility index (Phi) is 15.6. The fraction of sp³-hybridized carbons (Fsp3) is 0.571. The zero-order valence-corrected chi connectivity index (χ0v) is 24.4. The Balaban J connectivity index is 3.24. The van der Waals surface area contributed by atoms with Crippen LogP contribution >= 0.6 is 0 Å². The molecule has 0 aliphatic heterocycles. The van der Waals surface area contributed by atoms with E-state index in [2.05, 4.69) is 21.3 Å². The molecule has 234 valence electrons. The number of amides is 5. The summed E-state index contributed by atoms with van der Waals surface area (Å²) in [6, 6.07) is 1.46. The number of phenols is 1. The molecule has 0 aliphatic carbocycles. The molecule has 1 aromatic rings. The van der Waals surface area contributed by atoms with Crippen LogP contribution in [0.3, 0.4) is 0 Å². The third-order valence-electron chi connectivity index (χ3n) is 6.75. The molecular formula is C28H44N6O8. The van der Waals surface area contributed by atoms with E-state index in [9.17, 15) is 33.9 Å². The van der Waals surface area contributed by atoms with Gasteiger partial charge in [-0.1, -0.05) is 32.4 Å². The topological polar surface area (TPSA) is 243 Å². The predicted molar refractivity (Wildman–Crippen MR) is 154 cm³/mol. The fourth-order valence-corrected chi connectivity index (χ4v) is 4.13. The Morgan fingerprint density at radius 3 is 1.95 bits per heavy atom. The summed E-state index contributed by atoms with van der Waals surface area (Å²) < 4.78 is 0. The van der Waals surface area contributed by atoms with Gasteiger partial charge in [0.2, 0.25) is 29.5 Å². The monoisotopic (exact) mass is 592 g/mol. The van der Waals surface area contributed by atoms with Crippen LogP contribution in [0.15, 0.2) is 24.3 Å². The lowest BCUT2D eigenvalue weighted by Gasteiger charge is -2.29. The van der Waals surface area contributed by atoms with Crippen LogP contribution in [0.2, 0.25) is 0 Å². The van der Waals surface area contributed by atoms with E-state index in [1.807, 2.05) is 0 Å². The number of carboxylic acids is 1. The van der Waals surface area contributed by atoms with Crippen LogP contribution in [-0.4, -0.2) is 76.4 Å². The molecule has 0 aliphatic rings. The van der Waals surface area contributed by atoms with Crippen LogP contribution in [0.5, 0.6) is 5.75 Å². The Morgan fingerprint density at radius 2 is 1.43 bits per heavy atom. The highest BCUT2D eigenvalue weighted by Gasteiger charge is 2.33. The number of hydrogen-bond donors (Lipinski definition) is 8. The summed E-state index contributed by atoms with van der Waals surface area (Å²) in [5, 5.41) is 28.9. The normalized spacial score (nSPS) is 14.4. The van der Waals surface area contributed by atoms with E-state index in [0.717, 1.165) is 0 Å². The SMILES string of the molecule is CC[C@H](C)[C@H](NC(=O)[C@H](CCC(=O)O)NC(C)=O)C(=O)N[C@@H](Cc1ccc(O)cc1)C(=O)N[C@@H](CCCCN)C(N)=O. The van der Waals surface area contributed by atoms with Gasteiger partial charge in [0.1, 0.15) is 29.9 Å². The van der Waals surface area contributed by atoms with Gasteiger partial charge in [-0.2, -0.15) is 0 Å². The van der Waals surface area contributed by atoms with Crippen molar-refractivity contribution in [1.29, 1.82) is 0 Å². The molecule has 0 saturated heterocycles. The third-order valence-corrected chi connectivity index (χ3v) is 6.75. The second-order valence-electron chi connectivity index (χ2n) is 10.2. The van der Waals surface area contributed by atoms with Crippen molar-refractivity contribution in [3.05, 3.63) is 29.8 Å². The molecule has 1 aromatic carbocycles. The molecular weight excluding hydrogens is 548 g/mol. The van der Waals surface area contributed by atoms with Crippen LogP contribution in [0.25, 0.3) is 0 Å². The number of rotatable bonds is 19. The van der Waals surface area contributed by atoms with E-state index in [1.165, 1.54) is 19.1 Å². The lowest BCUT2D eigenvalue weighted by molar-refractivity contribution is -0.138. The summed E-state index contributed by atoms with van der Waals surface area (Å²) in [4.78, 5) is 74.6. The van der Waals surface area contributed by atoms with Gasteiger partial charge in [0, 0.05) is 19.8 Å². The van der Waals surface area contributed by atoms with Gasteiger partial charge in [0.15, 0.2) is 0 Å². The first kappa shape index (κ1) is 35.8. The molecule has 0 fully saturated rings. The molecule has 0 bridgehead atoms. The van der Waals surface area contributed by atoms with Gasteiger partial charge in [-0.05, 0) is 55.8 Å². The number of phenolic OH excluding ortho intramolecular Hbond substituents is 1. The van der Waals surface area contributed by atoms with Crippen molar-refractivity contribution in [1.82, 2.24) is 21.3 Å². The van der Waals surface area contributed by atoms with Crippen LogP contribution in [-0.2, 0) is 35.2 Å². The highest BCUT2D eigenvalue weighted by Crippen LogP contribution is 2.14. The van der Waals surface area contributed by atoms with Crippen LogP contribution in [0.4, 0.5) is 0 Å². The number of benzene rings is 1. The van der Waals surface area contributed by atoms with Gasteiger partial charge in [-0.25, -0.2) is 0 Å². The summed E-state index contributed by atoms with van der Waals surface area (Å²) in [5.74, 6) is -4.99. The Bertz CT molecular complexity index is 1080. The summed E-state index contributed by atoms with van der Waals surface area (Å²) >= 11 is 0. The lowest BCUT2D eigenvalue weighted by atomic mass is 9.96. The minimum atomic E-state index is -1.20. The molecule has 0 unspecified atom stereocenters. The summed E-state index contributed by atoms with van der Waals surface area (Å²) in [6.07, 6.45) is 1.28. The molecule has 14 heteroatoms. The number of unbranched alkanes of at least 4 members (excludes halogenated alkanes) is 1. The van der Waals surface area contributed by atoms with Gasteiger partial charge in [0.25, 0.3) is 0 Å². The zero-order chi connectivity index (χ0) is 31.8. The average molecular weight is 593 g/mol. The number of nitrogens with two attached hydrogens (primary N) is 2. The first-order valence-electron chi connectivity index (χ1n) is 14.0. The van der Waals surface area contributed by atoms with E-state index in [1.54, 1.807) is 26.0 Å². The van der Waals surface area contributed by atoms with Crippen molar-refractivity contribution in [3.63, 3.8) is 0 Å². The Labute approximate surface area is 245 Å². The van der Waals surface area contributed by atoms with Crippen LogP contribution < -0.4 is 32.7 Å². The number of primary amides is 1. The molecule has 10 N–H and O–H groups in total. The lowest BCUT2D eigenvalue weighted by Crippen LogP contribution is -2.59. The van der Waals surface area contributed by atoms with Crippen molar-refractivity contribution in [2.75, 3.05) is 6.54 Å². The Morgan fingerprint density at radius 1 is 0.833 bits per heavy atom. The molecule has 14 nitrogen and oxygen atoms in total. The predicted octanol–water partition coefficient (Wildman–Crippen LogP) is -0.581. The van der Waals surface area contributed by atoms with Crippen molar-refractivity contribution < 1.29 is 39.0 Å². The zero-order valence-electron chi connectivity index (χ0n) is 24.4. The molecule has 42 heavy (non-hydrogen) atoms. The maximum Gasteiger partial charge on any atom is 0.303 e. The highest BCUT2D eigenvalue weighted by atomic mass is 16.4. The molecule has 0 radical (unpaired) electrons. The van der Waals surface area contributed by atoms with Crippen molar-refractivity contribution in [3.8, 4) is 5.75 Å². The fourth-order valence-electron chi connectivity index (χ4n) is 4.13. The van der Waals surface area contributed by atoms with Gasteiger partial charge >= 0.3 is 5.97 Å². The summed E-state index contributed by atoms with van der Waals surface area (Å²) in [6.45, 7) is 5.10. The molecule has 5 atom stereocenters. The van der Waals surface area contributed by atoms with E-state index in [-0.39, 0.29) is 31.4 Å². The molecule has 0 heterocycles. The largest absolute Gasteiger partial charge is 0.508 e. The maximum atomic E-state index is 13.5. The summed E-state index contributed by atoms with van der Waals surface area (Å²) in [5.41, 5.74) is 11.6. The average Bonchev–Trinajstić information content (AvgIpc) is 2.93. The molecule has 0 aromatic heterocycles. The smallest absolute Gasteiger partial charge is 0.303 e.